The maximum Gasteiger partial charge on any atom is 0.321 e. The van der Waals surface area contributed by atoms with Crippen LogP contribution >= 0.6 is 0 Å². The number of amides is 2. The minimum atomic E-state index is -0.752. The average Bonchev–Trinajstić information content (AvgIpc) is 2.65. The lowest BCUT2D eigenvalue weighted by molar-refractivity contribution is -0.137. The van der Waals surface area contributed by atoms with E-state index < -0.39 is 5.97 Å². The van der Waals surface area contributed by atoms with Crippen molar-refractivity contribution in [3.05, 3.63) is 29.8 Å². The fourth-order valence-corrected chi connectivity index (χ4v) is 2.86. The van der Waals surface area contributed by atoms with E-state index in [-0.39, 0.29) is 12.5 Å². The Hall–Kier alpha value is -2.04. The molecule has 1 unspecified atom stereocenters. The number of fused-ring (bicyclic) bond motifs is 1. The Kier molecular flexibility index (Phi) is 5.81. The van der Waals surface area contributed by atoms with Crippen LogP contribution in [0.15, 0.2) is 24.3 Å². The number of para-hydroxylation sites is 1. The molecule has 0 aromatic heterocycles. The molecule has 2 N–H and O–H groups in total. The number of nitrogens with zero attached hydrogens (tertiary/aromatic N) is 1. The second-order valence-electron chi connectivity index (χ2n) is 5.84. The first-order valence-electron chi connectivity index (χ1n) is 7.95. The van der Waals surface area contributed by atoms with Gasteiger partial charge in [0, 0.05) is 25.2 Å². The van der Waals surface area contributed by atoms with E-state index in [1.165, 1.54) is 0 Å². The number of anilines is 1. The summed E-state index contributed by atoms with van der Waals surface area (Å²) in [5.74, 6) is -0.399. The molecule has 1 aromatic rings. The summed E-state index contributed by atoms with van der Waals surface area (Å²) in [4.78, 5) is 24.8. The molecule has 0 saturated carbocycles. The van der Waals surface area contributed by atoms with Gasteiger partial charge in [0.2, 0.25) is 0 Å². The van der Waals surface area contributed by atoms with Crippen molar-refractivity contribution in [2.45, 2.75) is 39.0 Å². The number of carbonyl (C=O) groups excluding carboxylic acids is 1. The molecule has 2 amide bonds. The predicted molar refractivity (Wildman–Crippen MR) is 86.0 cm³/mol. The Bertz CT molecular complexity index is 530. The van der Waals surface area contributed by atoms with Crippen molar-refractivity contribution in [1.82, 2.24) is 4.90 Å². The van der Waals surface area contributed by atoms with E-state index in [9.17, 15) is 9.59 Å². The first-order valence-corrected chi connectivity index (χ1v) is 7.95. The molecular weight excluding hydrogens is 280 g/mol. The quantitative estimate of drug-likeness (QED) is 0.811. The molecule has 5 nitrogen and oxygen atoms in total. The molecular formula is C17H24N2O3. The van der Waals surface area contributed by atoms with Gasteiger partial charge in [-0.25, -0.2) is 4.79 Å². The highest BCUT2D eigenvalue weighted by atomic mass is 16.4. The highest BCUT2D eigenvalue weighted by Gasteiger charge is 2.22. The van der Waals surface area contributed by atoms with Crippen LogP contribution in [0.3, 0.4) is 0 Å². The number of hydrogen-bond donors (Lipinski definition) is 2. The van der Waals surface area contributed by atoms with Crippen LogP contribution < -0.4 is 5.32 Å². The molecule has 0 saturated heterocycles. The van der Waals surface area contributed by atoms with E-state index in [0.717, 1.165) is 30.5 Å². The van der Waals surface area contributed by atoms with Crippen molar-refractivity contribution in [2.24, 2.45) is 5.92 Å². The van der Waals surface area contributed by atoms with Gasteiger partial charge in [-0.15, -0.1) is 0 Å². The molecule has 0 fully saturated rings. The van der Waals surface area contributed by atoms with Gasteiger partial charge in [-0.05, 0) is 36.8 Å². The second-order valence-corrected chi connectivity index (χ2v) is 5.84. The summed E-state index contributed by atoms with van der Waals surface area (Å²) in [5, 5.41) is 11.7. The van der Waals surface area contributed by atoms with E-state index in [1.54, 1.807) is 0 Å². The van der Waals surface area contributed by atoms with Gasteiger partial charge in [-0.2, -0.15) is 0 Å². The predicted octanol–water partition coefficient (Wildman–Crippen LogP) is 3.36. The monoisotopic (exact) mass is 304 g/mol. The normalized spacial score (nSPS) is 15.7. The van der Waals surface area contributed by atoms with Gasteiger partial charge in [0.1, 0.15) is 0 Å². The third kappa shape index (κ3) is 4.48. The Morgan fingerprint density at radius 3 is 2.91 bits per heavy atom. The van der Waals surface area contributed by atoms with Crippen LogP contribution in [0, 0.1) is 5.92 Å². The lowest BCUT2D eigenvalue weighted by Crippen LogP contribution is -2.38. The highest BCUT2D eigenvalue weighted by Crippen LogP contribution is 2.22. The number of carbonyl (C=O) groups is 2. The number of rotatable bonds is 7. The van der Waals surface area contributed by atoms with Crippen LogP contribution in [-0.4, -0.2) is 35.1 Å². The maximum absolute atomic E-state index is 12.3. The van der Waals surface area contributed by atoms with Gasteiger partial charge in [-0.1, -0.05) is 31.5 Å². The first-order chi connectivity index (χ1) is 10.6. The maximum atomic E-state index is 12.3. The van der Waals surface area contributed by atoms with Crippen molar-refractivity contribution < 1.29 is 14.7 Å². The van der Waals surface area contributed by atoms with Gasteiger partial charge in [0.25, 0.3) is 0 Å². The fourth-order valence-electron chi connectivity index (χ4n) is 2.86. The summed E-state index contributed by atoms with van der Waals surface area (Å²) >= 11 is 0. The van der Waals surface area contributed by atoms with Crippen LogP contribution in [0.4, 0.5) is 10.5 Å². The number of urea groups is 1. The summed E-state index contributed by atoms with van der Waals surface area (Å²) in [6, 6.07) is 7.84. The Morgan fingerprint density at radius 2 is 2.18 bits per heavy atom. The molecule has 5 heteroatoms. The number of hydrogen-bond acceptors (Lipinski definition) is 2. The number of aliphatic carboxylic acids is 1. The minimum absolute atomic E-state index is 0.0540. The number of carboxylic acid groups (broad SMARTS) is 1. The number of nitrogens with one attached hydrogen (secondary N) is 1. The number of benzene rings is 1. The molecule has 1 aliphatic rings. The van der Waals surface area contributed by atoms with Crippen molar-refractivity contribution in [2.75, 3.05) is 18.4 Å². The van der Waals surface area contributed by atoms with Crippen molar-refractivity contribution in [1.29, 1.82) is 0 Å². The van der Waals surface area contributed by atoms with Crippen molar-refractivity contribution in [3.63, 3.8) is 0 Å². The molecule has 22 heavy (non-hydrogen) atoms. The van der Waals surface area contributed by atoms with Crippen LogP contribution in [0.5, 0.6) is 0 Å². The van der Waals surface area contributed by atoms with E-state index >= 15 is 0 Å². The summed E-state index contributed by atoms with van der Waals surface area (Å²) in [6.07, 6.45) is 3.52. The van der Waals surface area contributed by atoms with Crippen LogP contribution in [0.25, 0.3) is 0 Å². The van der Waals surface area contributed by atoms with E-state index in [1.807, 2.05) is 29.2 Å². The molecule has 1 aliphatic heterocycles. The van der Waals surface area contributed by atoms with Gasteiger partial charge in [-0.3, -0.25) is 4.79 Å². The third-order valence-electron chi connectivity index (χ3n) is 4.26. The molecule has 0 radical (unpaired) electrons. The largest absolute Gasteiger partial charge is 0.481 e. The third-order valence-corrected chi connectivity index (χ3v) is 4.26. The van der Waals surface area contributed by atoms with Gasteiger partial charge in [0.05, 0.1) is 0 Å². The van der Waals surface area contributed by atoms with Crippen LogP contribution in [-0.2, 0) is 11.2 Å². The van der Waals surface area contributed by atoms with E-state index in [4.69, 9.17) is 5.11 Å². The smallest absolute Gasteiger partial charge is 0.321 e. The average molecular weight is 304 g/mol. The number of carboxylic acids is 1. The molecule has 2 rings (SSSR count). The second kappa shape index (κ2) is 7.82. The summed E-state index contributed by atoms with van der Waals surface area (Å²) in [5.41, 5.74) is 2.06. The summed E-state index contributed by atoms with van der Waals surface area (Å²) < 4.78 is 0. The Morgan fingerprint density at radius 1 is 1.41 bits per heavy atom. The van der Waals surface area contributed by atoms with E-state index in [0.29, 0.717) is 25.4 Å². The summed E-state index contributed by atoms with van der Waals surface area (Å²) in [6.45, 7) is 3.49. The van der Waals surface area contributed by atoms with Gasteiger partial charge >= 0.3 is 12.0 Å². The zero-order valence-corrected chi connectivity index (χ0v) is 13.0. The zero-order valence-electron chi connectivity index (χ0n) is 13.0. The molecule has 1 atom stereocenters. The van der Waals surface area contributed by atoms with Gasteiger partial charge < -0.3 is 15.3 Å². The summed E-state index contributed by atoms with van der Waals surface area (Å²) in [7, 11) is 0. The van der Waals surface area contributed by atoms with Crippen LogP contribution in [0.2, 0.25) is 0 Å². The zero-order chi connectivity index (χ0) is 15.9. The Balaban J connectivity index is 1.92. The van der Waals surface area contributed by atoms with E-state index in [2.05, 4.69) is 12.2 Å². The fraction of sp³-hybridized carbons (Fsp3) is 0.529. The SMILES string of the molecule is CCC(CCCC(=O)O)CN1CCc2ccccc2NC1=O. The Labute approximate surface area is 131 Å². The van der Waals surface area contributed by atoms with Crippen molar-refractivity contribution >= 4 is 17.7 Å². The molecule has 0 spiro atoms. The lowest BCUT2D eigenvalue weighted by atomic mass is 9.98. The van der Waals surface area contributed by atoms with Gasteiger partial charge in [0.15, 0.2) is 0 Å². The lowest BCUT2D eigenvalue weighted by Gasteiger charge is -2.25. The molecule has 0 bridgehead atoms. The topological polar surface area (TPSA) is 69.6 Å². The molecule has 120 valence electrons. The molecule has 1 aromatic carbocycles. The van der Waals surface area contributed by atoms with Crippen LogP contribution in [0.1, 0.15) is 38.2 Å². The standard InChI is InChI=1S/C17H24N2O3/c1-2-13(6-5-9-16(20)21)12-19-11-10-14-7-3-4-8-15(14)18-17(19)22/h3-4,7-8,13H,2,5-6,9-12H2,1H3,(H,18,22)(H,20,21). The highest BCUT2D eigenvalue weighted by molar-refractivity contribution is 5.91. The van der Waals surface area contributed by atoms with Crippen molar-refractivity contribution in [3.8, 4) is 0 Å². The first kappa shape index (κ1) is 16.3. The molecule has 0 aliphatic carbocycles. The molecule has 1 heterocycles. The minimum Gasteiger partial charge on any atom is -0.481 e.